The Bertz CT molecular complexity index is 265. The minimum atomic E-state index is -0.621. The fourth-order valence-electron chi connectivity index (χ4n) is 1.23. The second-order valence-corrected chi connectivity index (χ2v) is 4.05. The van der Waals surface area contributed by atoms with E-state index in [0.717, 1.165) is 17.9 Å². The van der Waals surface area contributed by atoms with Gasteiger partial charge in [0.15, 0.2) is 0 Å². The number of guanidine groups is 1. The van der Waals surface area contributed by atoms with Crippen LogP contribution in [0.4, 0.5) is 0 Å². The van der Waals surface area contributed by atoms with Gasteiger partial charge in [-0.25, -0.2) is 4.99 Å². The highest BCUT2D eigenvalue weighted by molar-refractivity contribution is 7.99. The van der Waals surface area contributed by atoms with Gasteiger partial charge in [0.05, 0.1) is 6.04 Å². The molecule has 13 heavy (non-hydrogen) atoms. The van der Waals surface area contributed by atoms with Crippen molar-refractivity contribution in [1.29, 1.82) is 0 Å². The summed E-state index contributed by atoms with van der Waals surface area (Å²) < 4.78 is 0. The number of thioether (sulfide) groups is 1. The smallest absolute Gasteiger partial charge is 0.288 e. The highest BCUT2D eigenvalue weighted by atomic mass is 32.2. The van der Waals surface area contributed by atoms with Gasteiger partial charge in [-0.05, 0) is 12.2 Å². The molecule has 0 aromatic rings. The lowest BCUT2D eigenvalue weighted by Crippen LogP contribution is -2.27. The Morgan fingerprint density at radius 2 is 2.00 bits per heavy atom. The molecule has 1 unspecified atom stereocenters. The maximum Gasteiger partial charge on any atom is 0.316 e. The molecule has 2 aliphatic heterocycles. The largest absolute Gasteiger partial charge is 0.316 e. The van der Waals surface area contributed by atoms with E-state index in [1.165, 1.54) is 0 Å². The highest BCUT2D eigenvalue weighted by Gasteiger charge is 2.26. The Labute approximate surface area is 79.4 Å². The predicted octanol–water partition coefficient (Wildman–Crippen LogP) is -0.906. The molecule has 0 radical (unpaired) electrons. The molecule has 6 heteroatoms. The van der Waals surface area contributed by atoms with Crippen molar-refractivity contribution in [3.63, 3.8) is 0 Å². The minimum Gasteiger partial charge on any atom is -0.288 e. The lowest BCUT2D eigenvalue weighted by molar-refractivity contribution is -0.135. The van der Waals surface area contributed by atoms with E-state index in [1.807, 2.05) is 11.8 Å². The van der Waals surface area contributed by atoms with Crippen molar-refractivity contribution in [3.8, 4) is 0 Å². The normalized spacial score (nSPS) is 27.4. The van der Waals surface area contributed by atoms with Crippen LogP contribution in [0, 0.1) is 0 Å². The summed E-state index contributed by atoms with van der Waals surface area (Å²) in [6, 6.07) is 0.235. The van der Waals surface area contributed by atoms with E-state index in [-0.39, 0.29) is 6.04 Å². The maximum absolute atomic E-state index is 10.7. The third-order valence-corrected chi connectivity index (χ3v) is 3.03. The Morgan fingerprint density at radius 3 is 2.54 bits per heavy atom. The predicted molar refractivity (Wildman–Crippen MR) is 49.5 cm³/mol. The van der Waals surface area contributed by atoms with E-state index in [4.69, 9.17) is 0 Å². The van der Waals surface area contributed by atoms with E-state index >= 15 is 0 Å². The summed E-state index contributed by atoms with van der Waals surface area (Å²) in [5.74, 6) is 1.13. The third kappa shape index (κ3) is 1.82. The van der Waals surface area contributed by atoms with E-state index in [2.05, 4.69) is 15.6 Å². The zero-order chi connectivity index (χ0) is 9.26. The quantitative estimate of drug-likeness (QED) is 0.537. The maximum atomic E-state index is 10.7. The molecule has 70 valence electrons. The average Bonchev–Trinajstić information content (AvgIpc) is 2.64. The summed E-state index contributed by atoms with van der Waals surface area (Å²) in [7, 11) is 0. The number of hydrogen-bond acceptors (Lipinski definition) is 4. The first-order valence-electron chi connectivity index (χ1n) is 4.03. The summed E-state index contributed by atoms with van der Waals surface area (Å²) >= 11 is 1.83. The Balaban J connectivity index is 2.01. The fourth-order valence-corrected chi connectivity index (χ4v) is 2.35. The number of nitrogens with one attached hydrogen (secondary N) is 2. The van der Waals surface area contributed by atoms with Crippen molar-refractivity contribution in [3.05, 3.63) is 0 Å². The van der Waals surface area contributed by atoms with Gasteiger partial charge in [-0.1, -0.05) is 0 Å². The van der Waals surface area contributed by atoms with Gasteiger partial charge in [-0.2, -0.15) is 11.8 Å². The van der Waals surface area contributed by atoms with Crippen molar-refractivity contribution in [2.45, 2.75) is 12.5 Å². The molecule has 2 rings (SSSR count). The van der Waals surface area contributed by atoms with Crippen LogP contribution >= 0.6 is 11.8 Å². The van der Waals surface area contributed by atoms with Gasteiger partial charge in [-0.3, -0.25) is 20.2 Å². The molecular weight excluding hydrogens is 190 g/mol. The summed E-state index contributed by atoms with van der Waals surface area (Å²) in [6.07, 6.45) is 1.01. The van der Waals surface area contributed by atoms with Crippen molar-refractivity contribution in [2.75, 3.05) is 11.5 Å². The first-order chi connectivity index (χ1) is 6.25. The van der Waals surface area contributed by atoms with Gasteiger partial charge in [-0.15, -0.1) is 0 Å². The molecule has 0 aromatic heterocycles. The van der Waals surface area contributed by atoms with Crippen LogP contribution in [0.25, 0.3) is 0 Å². The summed E-state index contributed by atoms with van der Waals surface area (Å²) in [5, 5.41) is 4.74. The summed E-state index contributed by atoms with van der Waals surface area (Å²) in [5.41, 5.74) is 0. The molecule has 0 bridgehead atoms. The summed E-state index contributed by atoms with van der Waals surface area (Å²) in [4.78, 5) is 25.7. The molecule has 0 aromatic carbocycles. The number of amides is 2. The van der Waals surface area contributed by atoms with Gasteiger partial charge in [0.2, 0.25) is 5.96 Å². The van der Waals surface area contributed by atoms with Gasteiger partial charge >= 0.3 is 11.8 Å². The van der Waals surface area contributed by atoms with E-state index in [1.54, 1.807) is 0 Å². The highest BCUT2D eigenvalue weighted by Crippen LogP contribution is 2.19. The SMILES string of the molecule is O=C1NC(=NC2CCSC2)NC1=O. The van der Waals surface area contributed by atoms with Crippen molar-refractivity contribution in [2.24, 2.45) is 4.99 Å². The summed E-state index contributed by atoms with van der Waals surface area (Å²) in [6.45, 7) is 0. The molecular formula is C7H9N3O2S. The lowest BCUT2D eigenvalue weighted by atomic mass is 10.3. The fraction of sp³-hybridized carbons (Fsp3) is 0.571. The van der Waals surface area contributed by atoms with Crippen LogP contribution in [0.2, 0.25) is 0 Å². The van der Waals surface area contributed by atoms with Crippen molar-refractivity contribution in [1.82, 2.24) is 10.6 Å². The Kier molecular flexibility index (Phi) is 2.22. The number of carbonyl (C=O) groups excluding carboxylic acids is 2. The monoisotopic (exact) mass is 199 g/mol. The number of nitrogens with zero attached hydrogens (tertiary/aromatic N) is 1. The van der Waals surface area contributed by atoms with Crippen LogP contribution < -0.4 is 10.6 Å². The van der Waals surface area contributed by atoms with Crippen LogP contribution in [-0.2, 0) is 9.59 Å². The lowest BCUT2D eigenvalue weighted by Gasteiger charge is -2.01. The molecule has 2 saturated heterocycles. The van der Waals surface area contributed by atoms with Crippen LogP contribution in [-0.4, -0.2) is 35.3 Å². The Morgan fingerprint density at radius 1 is 1.31 bits per heavy atom. The number of aliphatic imine (C=N–C) groups is 1. The molecule has 2 fully saturated rings. The number of hydrogen-bond donors (Lipinski definition) is 2. The van der Waals surface area contributed by atoms with Crippen LogP contribution in [0.3, 0.4) is 0 Å². The van der Waals surface area contributed by atoms with E-state index in [9.17, 15) is 9.59 Å². The first-order valence-corrected chi connectivity index (χ1v) is 5.19. The zero-order valence-electron chi connectivity index (χ0n) is 6.87. The van der Waals surface area contributed by atoms with Crippen LogP contribution in [0.1, 0.15) is 6.42 Å². The molecule has 0 aliphatic carbocycles. The standard InChI is InChI=1S/C7H9N3O2S/c11-5-6(12)10-7(9-5)8-4-1-2-13-3-4/h4H,1-3H2,(H2,8,9,10,11,12). The number of carbonyl (C=O) groups is 2. The topological polar surface area (TPSA) is 70.6 Å². The second-order valence-electron chi connectivity index (χ2n) is 2.90. The minimum absolute atomic E-state index is 0.235. The van der Waals surface area contributed by atoms with Crippen molar-refractivity contribution < 1.29 is 9.59 Å². The van der Waals surface area contributed by atoms with E-state index in [0.29, 0.717) is 5.96 Å². The number of rotatable bonds is 1. The van der Waals surface area contributed by atoms with Gasteiger partial charge in [0.1, 0.15) is 0 Å². The average molecular weight is 199 g/mol. The molecule has 2 heterocycles. The first kappa shape index (κ1) is 8.55. The van der Waals surface area contributed by atoms with Crippen LogP contribution in [0.15, 0.2) is 4.99 Å². The van der Waals surface area contributed by atoms with E-state index < -0.39 is 11.8 Å². The zero-order valence-corrected chi connectivity index (χ0v) is 7.69. The van der Waals surface area contributed by atoms with Gasteiger partial charge < -0.3 is 0 Å². The van der Waals surface area contributed by atoms with Crippen LogP contribution in [0.5, 0.6) is 0 Å². The molecule has 5 nitrogen and oxygen atoms in total. The molecule has 2 aliphatic rings. The Hall–Kier alpha value is -1.04. The second kappa shape index (κ2) is 3.37. The van der Waals surface area contributed by atoms with Gasteiger partial charge in [0.25, 0.3) is 0 Å². The molecule has 0 spiro atoms. The third-order valence-electron chi connectivity index (χ3n) is 1.89. The molecule has 2 amide bonds. The molecule has 0 saturated carbocycles. The van der Waals surface area contributed by atoms with Crippen molar-refractivity contribution >= 4 is 29.5 Å². The van der Waals surface area contributed by atoms with Gasteiger partial charge in [0, 0.05) is 5.75 Å². The molecule has 2 N–H and O–H groups in total. The molecule has 1 atom stereocenters.